The van der Waals surface area contributed by atoms with E-state index in [1.54, 1.807) is 0 Å². The van der Waals surface area contributed by atoms with E-state index in [4.69, 9.17) is 6.57 Å². The number of hydrogen-bond donors (Lipinski definition) is 1. The number of ketones is 1. The Labute approximate surface area is 198 Å². The first-order valence-corrected chi connectivity index (χ1v) is 12.6. The van der Waals surface area contributed by atoms with E-state index >= 15 is 0 Å². The van der Waals surface area contributed by atoms with Crippen molar-refractivity contribution >= 4 is 11.5 Å². The molecule has 4 saturated carbocycles. The summed E-state index contributed by atoms with van der Waals surface area (Å²) in [7, 11) is 0. The Morgan fingerprint density at radius 2 is 1.94 bits per heavy atom. The van der Waals surface area contributed by atoms with Gasteiger partial charge in [-0.3, -0.25) is 9.48 Å². The van der Waals surface area contributed by atoms with Crippen LogP contribution in [0, 0.1) is 53.4 Å². The number of Topliss-reactive ketones (excluding diaryl/α,β-unsaturated/α-hetero) is 1. The van der Waals surface area contributed by atoms with Crippen molar-refractivity contribution in [3.8, 4) is 0 Å². The average molecular weight is 478 g/mol. The van der Waals surface area contributed by atoms with Crippen LogP contribution in [0.3, 0.4) is 0 Å². The number of rotatable bonds is 3. The highest BCUT2D eigenvalue weighted by Gasteiger charge is 2.66. The van der Waals surface area contributed by atoms with Crippen LogP contribution in [0.25, 0.3) is 4.85 Å². The third-order valence-corrected chi connectivity index (χ3v) is 10.1. The highest BCUT2D eigenvalue weighted by Crippen LogP contribution is 2.67. The van der Waals surface area contributed by atoms with Crippen LogP contribution in [0.5, 0.6) is 0 Å². The zero-order valence-corrected chi connectivity index (χ0v) is 19.9. The Balaban J connectivity index is 1.41. The number of aromatic nitrogens is 2. The molecule has 8 heteroatoms. The number of nitrogens with zero attached hydrogens (tertiary/aromatic N) is 3. The van der Waals surface area contributed by atoms with Crippen LogP contribution in [-0.2, 0) is 11.3 Å². The lowest BCUT2D eigenvalue weighted by Crippen LogP contribution is -2.51. The van der Waals surface area contributed by atoms with E-state index in [0.717, 1.165) is 38.5 Å². The Bertz CT molecular complexity index is 996. The van der Waals surface area contributed by atoms with E-state index in [-0.39, 0.29) is 30.5 Å². The molecule has 9 atom stereocenters. The minimum absolute atomic E-state index is 0.0408. The summed E-state index contributed by atoms with van der Waals surface area (Å²) >= 11 is 0. The maximum atomic E-state index is 14.3. The quantitative estimate of drug-likeness (QED) is 0.559. The maximum absolute atomic E-state index is 14.3. The van der Waals surface area contributed by atoms with Gasteiger partial charge in [-0.25, -0.2) is 4.85 Å². The van der Waals surface area contributed by atoms with E-state index in [1.807, 2.05) is 13.8 Å². The minimum atomic E-state index is -4.41. The Morgan fingerprint density at radius 3 is 2.62 bits per heavy atom. The second-order valence-electron chi connectivity index (χ2n) is 12.1. The number of fused-ring (bicyclic) bond motifs is 5. The third-order valence-electron chi connectivity index (χ3n) is 10.1. The lowest BCUT2D eigenvalue weighted by atomic mass is 9.49. The fourth-order valence-electron chi connectivity index (χ4n) is 8.80. The number of alkyl halides is 3. The molecule has 4 unspecified atom stereocenters. The average Bonchev–Trinajstić information content (AvgIpc) is 3.33. The molecule has 5 nitrogen and oxygen atoms in total. The first-order valence-electron chi connectivity index (χ1n) is 12.6. The molecule has 1 heterocycles. The molecule has 4 fully saturated rings. The Morgan fingerprint density at radius 1 is 1.21 bits per heavy atom. The number of carbonyl (C=O) groups excluding carboxylic acids is 1. The van der Waals surface area contributed by atoms with Gasteiger partial charge >= 0.3 is 6.18 Å². The predicted octanol–water partition coefficient (Wildman–Crippen LogP) is 5.81. The van der Waals surface area contributed by atoms with Crippen molar-refractivity contribution in [3.05, 3.63) is 23.8 Å². The summed E-state index contributed by atoms with van der Waals surface area (Å²) in [6.45, 7) is 10.7. The molecule has 1 N–H and O–H groups in total. The van der Waals surface area contributed by atoms with Crippen molar-refractivity contribution in [1.29, 1.82) is 0 Å². The molecule has 0 amide bonds. The molecule has 0 radical (unpaired) electrons. The predicted molar refractivity (Wildman–Crippen MR) is 120 cm³/mol. The van der Waals surface area contributed by atoms with E-state index in [9.17, 15) is 23.1 Å². The molecule has 0 aromatic carbocycles. The molecule has 0 saturated heterocycles. The topological polar surface area (TPSA) is 59.5 Å². The molecule has 186 valence electrons. The monoisotopic (exact) mass is 477 g/mol. The highest BCUT2D eigenvalue weighted by atomic mass is 19.4. The molecule has 0 spiro atoms. The van der Waals surface area contributed by atoms with Crippen LogP contribution < -0.4 is 0 Å². The number of carbonyl (C=O) groups is 1. The van der Waals surface area contributed by atoms with Gasteiger partial charge in [0, 0.05) is 12.1 Å². The second kappa shape index (κ2) is 8.08. The number of hydrogen-bond acceptors (Lipinski definition) is 3. The van der Waals surface area contributed by atoms with Gasteiger partial charge in [-0.05, 0) is 93.3 Å². The van der Waals surface area contributed by atoms with Gasteiger partial charge in [0.1, 0.15) is 0 Å². The van der Waals surface area contributed by atoms with Crippen LogP contribution >= 0.6 is 0 Å². The molecule has 0 aliphatic heterocycles. The molecule has 5 rings (SSSR count). The van der Waals surface area contributed by atoms with Crippen molar-refractivity contribution in [3.63, 3.8) is 0 Å². The Kier molecular flexibility index (Phi) is 5.66. The van der Waals surface area contributed by atoms with Crippen molar-refractivity contribution in [2.24, 2.45) is 46.8 Å². The van der Waals surface area contributed by atoms with Gasteiger partial charge in [-0.1, -0.05) is 6.92 Å². The SMILES string of the molecule is [C-]#[N+]c1cnn(CC(=O)C2[C@@H](C(F)(F)F)CC3C4CC[C@@H]5C[C@](C)(O)CC[C@@H]5C4CC[C@@]32C)c1. The summed E-state index contributed by atoms with van der Waals surface area (Å²) in [6.07, 6.45) is 4.31. The summed E-state index contributed by atoms with van der Waals surface area (Å²) in [5, 5.41) is 14.6. The van der Waals surface area contributed by atoms with Crippen molar-refractivity contribution < 1.29 is 23.1 Å². The number of halogens is 3. The number of aliphatic hydroxyl groups is 1. The van der Waals surface area contributed by atoms with Gasteiger partial charge in [0.25, 0.3) is 0 Å². The largest absolute Gasteiger partial charge is 0.392 e. The van der Waals surface area contributed by atoms with E-state index in [0.29, 0.717) is 24.2 Å². The summed E-state index contributed by atoms with van der Waals surface area (Å²) in [4.78, 5) is 16.7. The molecule has 1 aromatic heterocycles. The van der Waals surface area contributed by atoms with Gasteiger partial charge in [-0.2, -0.15) is 18.3 Å². The second-order valence-corrected chi connectivity index (χ2v) is 12.1. The summed E-state index contributed by atoms with van der Waals surface area (Å²) in [6, 6.07) is 0. The fourth-order valence-corrected chi connectivity index (χ4v) is 8.80. The summed E-state index contributed by atoms with van der Waals surface area (Å²) in [5.41, 5.74) is -1.01. The summed E-state index contributed by atoms with van der Waals surface area (Å²) in [5.74, 6) is -1.62. The van der Waals surface area contributed by atoms with Gasteiger partial charge < -0.3 is 5.11 Å². The fraction of sp³-hybridized carbons (Fsp3) is 0.808. The molecule has 4 aliphatic carbocycles. The van der Waals surface area contributed by atoms with Gasteiger partial charge in [0.2, 0.25) is 5.69 Å². The van der Waals surface area contributed by atoms with Crippen LogP contribution in [0.4, 0.5) is 18.9 Å². The van der Waals surface area contributed by atoms with E-state index < -0.39 is 34.8 Å². The molecule has 1 aromatic rings. The molecule has 34 heavy (non-hydrogen) atoms. The van der Waals surface area contributed by atoms with E-state index in [1.165, 1.54) is 17.1 Å². The van der Waals surface area contributed by atoms with Crippen molar-refractivity contribution in [2.75, 3.05) is 0 Å². The Hall–Kier alpha value is -1.88. The van der Waals surface area contributed by atoms with Crippen LogP contribution in [0.2, 0.25) is 0 Å². The van der Waals surface area contributed by atoms with E-state index in [2.05, 4.69) is 9.94 Å². The van der Waals surface area contributed by atoms with Crippen LogP contribution in [0.15, 0.2) is 12.4 Å². The maximum Gasteiger partial charge on any atom is 0.392 e. The first kappa shape index (κ1) is 23.8. The highest BCUT2D eigenvalue weighted by molar-refractivity contribution is 5.82. The molecular weight excluding hydrogens is 443 g/mol. The van der Waals surface area contributed by atoms with Crippen LogP contribution in [-0.4, -0.2) is 32.4 Å². The summed E-state index contributed by atoms with van der Waals surface area (Å²) < 4.78 is 44.3. The van der Waals surface area contributed by atoms with Gasteiger partial charge in [0.05, 0.1) is 30.8 Å². The van der Waals surface area contributed by atoms with Gasteiger partial charge in [-0.15, -0.1) is 0 Å². The molecular formula is C26H34F3N3O2. The zero-order chi connectivity index (χ0) is 24.5. The first-order chi connectivity index (χ1) is 15.9. The molecule has 4 aliphatic rings. The minimum Gasteiger partial charge on any atom is -0.390 e. The normalized spacial score (nSPS) is 44.0. The van der Waals surface area contributed by atoms with Gasteiger partial charge in [0.15, 0.2) is 5.78 Å². The van der Waals surface area contributed by atoms with Crippen molar-refractivity contribution in [2.45, 2.75) is 83.5 Å². The lowest BCUT2D eigenvalue weighted by Gasteiger charge is -2.56. The van der Waals surface area contributed by atoms with Crippen molar-refractivity contribution in [1.82, 2.24) is 9.78 Å². The molecule has 0 bridgehead atoms. The third kappa shape index (κ3) is 3.88. The standard InChI is InChI=1S/C26H34F3N3O2/c1-24(34)8-6-17-15(11-24)4-5-19-18(17)7-9-25(2)20(19)10-21(26(27,28)29)23(25)22(33)14-32-13-16(30-3)12-31-32/h12-13,15,17-21,23,34H,4-11,14H2,1-2H3/t15-,17+,18?,19?,20?,21+,23?,24-,25+/m1/s1. The van der Waals surface area contributed by atoms with Crippen LogP contribution in [0.1, 0.15) is 65.2 Å². The zero-order valence-electron chi connectivity index (χ0n) is 19.9. The smallest absolute Gasteiger partial charge is 0.390 e. The lowest BCUT2D eigenvalue weighted by molar-refractivity contribution is -0.191.